The molecule has 1 heterocycles. The minimum absolute atomic E-state index is 0.0211. The Morgan fingerprint density at radius 3 is 1.88 bits per heavy atom. The summed E-state index contributed by atoms with van der Waals surface area (Å²) in [6.45, 7) is 0.206. The van der Waals surface area contributed by atoms with Crippen molar-refractivity contribution in [1.82, 2.24) is 8.61 Å². The Balaban J connectivity index is 1.78. The van der Waals surface area contributed by atoms with Crippen LogP contribution in [-0.4, -0.2) is 51.6 Å². The predicted octanol–water partition coefficient (Wildman–Crippen LogP) is 2.69. The summed E-state index contributed by atoms with van der Waals surface area (Å²) in [7, 11) is -7.50. The van der Waals surface area contributed by atoms with Gasteiger partial charge in [-0.05, 0) is 30.3 Å². The van der Waals surface area contributed by atoms with Crippen LogP contribution in [0.4, 0.5) is 0 Å². The van der Waals surface area contributed by atoms with Crippen molar-refractivity contribution in [2.24, 2.45) is 0 Å². The Labute approximate surface area is 163 Å². The van der Waals surface area contributed by atoms with Gasteiger partial charge in [-0.1, -0.05) is 41.4 Å². The number of benzene rings is 2. The van der Waals surface area contributed by atoms with Crippen LogP contribution in [0.15, 0.2) is 58.3 Å². The van der Waals surface area contributed by atoms with Gasteiger partial charge in [0.15, 0.2) is 0 Å². The summed E-state index contributed by atoms with van der Waals surface area (Å²) < 4.78 is 53.4. The van der Waals surface area contributed by atoms with Crippen molar-refractivity contribution in [3.8, 4) is 0 Å². The first kappa shape index (κ1) is 19.6. The SMILES string of the molecule is O=S(=O)(c1cccc(Cl)c1)N1CCN(S(=O)(=O)c2ccccc2Cl)CC1. The zero-order valence-electron chi connectivity index (χ0n) is 13.5. The number of sulfonamides is 2. The summed E-state index contributed by atoms with van der Waals surface area (Å²) in [6, 6.07) is 12.2. The van der Waals surface area contributed by atoms with Gasteiger partial charge in [0.25, 0.3) is 0 Å². The average Bonchev–Trinajstić information content (AvgIpc) is 2.62. The standard InChI is InChI=1S/C16H16Cl2N2O4S2/c17-13-4-3-5-14(12-13)25(21,22)19-8-10-20(11-9-19)26(23,24)16-7-2-1-6-15(16)18/h1-7,12H,8-11H2. The van der Waals surface area contributed by atoms with E-state index in [-0.39, 0.29) is 41.0 Å². The number of halogens is 2. The largest absolute Gasteiger partial charge is 0.244 e. The highest BCUT2D eigenvalue weighted by atomic mass is 35.5. The lowest BCUT2D eigenvalue weighted by Crippen LogP contribution is -2.50. The molecule has 0 atom stereocenters. The average molecular weight is 435 g/mol. The highest BCUT2D eigenvalue weighted by Crippen LogP contribution is 2.26. The third-order valence-corrected chi connectivity index (χ3v) is 8.61. The van der Waals surface area contributed by atoms with Gasteiger partial charge in [0, 0.05) is 31.2 Å². The third kappa shape index (κ3) is 3.76. The molecule has 0 bridgehead atoms. The van der Waals surface area contributed by atoms with Gasteiger partial charge < -0.3 is 0 Å². The zero-order valence-corrected chi connectivity index (χ0v) is 16.7. The molecule has 10 heteroatoms. The van der Waals surface area contributed by atoms with Crippen LogP contribution in [0.3, 0.4) is 0 Å². The lowest BCUT2D eigenvalue weighted by atomic mass is 10.4. The highest BCUT2D eigenvalue weighted by Gasteiger charge is 2.34. The van der Waals surface area contributed by atoms with Gasteiger partial charge in [0.1, 0.15) is 4.90 Å². The van der Waals surface area contributed by atoms with Crippen LogP contribution in [0.25, 0.3) is 0 Å². The van der Waals surface area contributed by atoms with Crippen LogP contribution in [0.2, 0.25) is 10.0 Å². The molecular formula is C16H16Cl2N2O4S2. The fourth-order valence-corrected chi connectivity index (χ4v) is 6.36. The van der Waals surface area contributed by atoms with E-state index in [1.165, 1.54) is 32.9 Å². The number of piperazine rings is 1. The van der Waals surface area contributed by atoms with Crippen molar-refractivity contribution in [2.45, 2.75) is 9.79 Å². The van der Waals surface area contributed by atoms with Crippen molar-refractivity contribution in [1.29, 1.82) is 0 Å². The second-order valence-corrected chi connectivity index (χ2v) is 10.4. The molecule has 0 spiro atoms. The molecule has 140 valence electrons. The molecule has 0 radical (unpaired) electrons. The second-order valence-electron chi connectivity index (χ2n) is 5.70. The Bertz CT molecular complexity index is 1020. The Hall–Kier alpha value is -1.16. The quantitative estimate of drug-likeness (QED) is 0.740. The maximum absolute atomic E-state index is 12.7. The van der Waals surface area contributed by atoms with E-state index in [4.69, 9.17) is 23.2 Å². The normalized spacial score (nSPS) is 17.3. The molecule has 1 aliphatic rings. The maximum Gasteiger partial charge on any atom is 0.244 e. The predicted molar refractivity (Wildman–Crippen MR) is 100 cm³/mol. The number of nitrogens with zero attached hydrogens (tertiary/aromatic N) is 2. The van der Waals surface area contributed by atoms with Gasteiger partial charge in [-0.2, -0.15) is 8.61 Å². The fourth-order valence-electron chi connectivity index (χ4n) is 2.72. The molecule has 0 unspecified atom stereocenters. The van der Waals surface area contributed by atoms with E-state index < -0.39 is 20.0 Å². The van der Waals surface area contributed by atoms with Crippen LogP contribution in [0, 0.1) is 0 Å². The van der Waals surface area contributed by atoms with Gasteiger partial charge in [0.05, 0.1) is 9.92 Å². The van der Waals surface area contributed by atoms with Gasteiger partial charge in [-0.3, -0.25) is 0 Å². The molecule has 0 N–H and O–H groups in total. The molecule has 0 saturated carbocycles. The molecule has 26 heavy (non-hydrogen) atoms. The topological polar surface area (TPSA) is 74.8 Å². The first-order valence-electron chi connectivity index (χ1n) is 7.73. The van der Waals surface area contributed by atoms with Crippen molar-refractivity contribution < 1.29 is 16.8 Å². The summed E-state index contributed by atoms with van der Waals surface area (Å²) >= 11 is 11.9. The minimum Gasteiger partial charge on any atom is -0.207 e. The maximum atomic E-state index is 12.7. The van der Waals surface area contributed by atoms with E-state index in [0.717, 1.165) is 0 Å². The summed E-state index contributed by atoms with van der Waals surface area (Å²) in [6.07, 6.45) is 0. The van der Waals surface area contributed by atoms with E-state index in [0.29, 0.717) is 5.02 Å². The molecule has 3 rings (SSSR count). The van der Waals surface area contributed by atoms with E-state index in [2.05, 4.69) is 0 Å². The number of rotatable bonds is 4. The first-order valence-corrected chi connectivity index (χ1v) is 11.4. The molecule has 2 aromatic carbocycles. The molecule has 0 aromatic heterocycles. The van der Waals surface area contributed by atoms with Gasteiger partial charge in [0.2, 0.25) is 20.0 Å². The molecule has 6 nitrogen and oxygen atoms in total. The second kappa shape index (κ2) is 7.46. The van der Waals surface area contributed by atoms with Crippen molar-refractivity contribution in [3.63, 3.8) is 0 Å². The van der Waals surface area contributed by atoms with Crippen LogP contribution in [0.5, 0.6) is 0 Å². The Morgan fingerprint density at radius 2 is 1.31 bits per heavy atom. The monoisotopic (exact) mass is 434 g/mol. The summed E-state index contributed by atoms with van der Waals surface area (Å²) in [5.41, 5.74) is 0. The van der Waals surface area contributed by atoms with Crippen LogP contribution in [-0.2, 0) is 20.0 Å². The molecular weight excluding hydrogens is 419 g/mol. The summed E-state index contributed by atoms with van der Waals surface area (Å²) in [5, 5.41) is 0.465. The molecule has 2 aromatic rings. The molecule has 1 saturated heterocycles. The molecule has 0 aliphatic carbocycles. The van der Waals surface area contributed by atoms with Crippen molar-refractivity contribution >= 4 is 43.2 Å². The van der Waals surface area contributed by atoms with Gasteiger partial charge in [-0.25, -0.2) is 16.8 Å². The van der Waals surface area contributed by atoms with E-state index >= 15 is 0 Å². The van der Waals surface area contributed by atoms with Gasteiger partial charge >= 0.3 is 0 Å². The lowest BCUT2D eigenvalue weighted by Gasteiger charge is -2.33. The van der Waals surface area contributed by atoms with Crippen LogP contribution in [0.1, 0.15) is 0 Å². The minimum atomic E-state index is -3.77. The number of hydrogen-bond acceptors (Lipinski definition) is 4. The Morgan fingerprint density at radius 1 is 0.731 bits per heavy atom. The molecule has 1 aliphatic heterocycles. The lowest BCUT2D eigenvalue weighted by molar-refractivity contribution is 0.273. The van der Waals surface area contributed by atoms with Crippen LogP contribution >= 0.6 is 23.2 Å². The van der Waals surface area contributed by atoms with Crippen molar-refractivity contribution in [2.75, 3.05) is 26.2 Å². The van der Waals surface area contributed by atoms with E-state index in [1.807, 2.05) is 0 Å². The number of hydrogen-bond donors (Lipinski definition) is 0. The van der Waals surface area contributed by atoms with E-state index in [9.17, 15) is 16.8 Å². The molecule has 0 amide bonds. The summed E-state index contributed by atoms with van der Waals surface area (Å²) in [4.78, 5) is 0.111. The Kier molecular flexibility index (Phi) is 5.62. The summed E-state index contributed by atoms with van der Waals surface area (Å²) in [5.74, 6) is 0. The van der Waals surface area contributed by atoms with Crippen molar-refractivity contribution in [3.05, 3.63) is 58.6 Å². The third-order valence-electron chi connectivity index (χ3n) is 4.09. The van der Waals surface area contributed by atoms with E-state index in [1.54, 1.807) is 24.3 Å². The molecule has 1 fully saturated rings. The highest BCUT2D eigenvalue weighted by molar-refractivity contribution is 7.89. The first-order chi connectivity index (χ1) is 12.2. The zero-order chi connectivity index (χ0) is 18.9. The van der Waals surface area contributed by atoms with Gasteiger partial charge in [-0.15, -0.1) is 0 Å². The van der Waals surface area contributed by atoms with Crippen LogP contribution < -0.4 is 0 Å². The fraction of sp³-hybridized carbons (Fsp3) is 0.250. The smallest absolute Gasteiger partial charge is 0.207 e.